The second-order valence-corrected chi connectivity index (χ2v) is 3.14. The van der Waals surface area contributed by atoms with Crippen molar-refractivity contribution in [2.45, 2.75) is 12.2 Å². The third-order valence-electron chi connectivity index (χ3n) is 2.19. The third-order valence-corrected chi connectivity index (χ3v) is 2.19. The minimum Gasteiger partial charge on any atom is -0.357 e. The monoisotopic (exact) mass is 195 g/mol. The highest BCUT2D eigenvalue weighted by Crippen LogP contribution is 2.38. The van der Waals surface area contributed by atoms with Crippen LogP contribution in [0.3, 0.4) is 0 Å². The average Bonchev–Trinajstić information content (AvgIpc) is 2.98. The van der Waals surface area contributed by atoms with Crippen molar-refractivity contribution in [2.75, 3.05) is 7.05 Å². The summed E-state index contributed by atoms with van der Waals surface area (Å²) in [6.07, 6.45) is -0.624. The summed E-state index contributed by atoms with van der Waals surface area (Å²) in [4.78, 5) is 11.1. The zero-order valence-electron chi connectivity index (χ0n) is 7.66. The van der Waals surface area contributed by atoms with Gasteiger partial charge in [0.1, 0.15) is 11.9 Å². The second kappa shape index (κ2) is 3.38. The molecule has 1 aliphatic heterocycles. The van der Waals surface area contributed by atoms with Gasteiger partial charge in [-0.05, 0) is 17.7 Å². The minimum atomic E-state index is -0.412. The number of amides is 1. The van der Waals surface area contributed by atoms with Crippen LogP contribution >= 0.6 is 0 Å². The van der Waals surface area contributed by atoms with Crippen molar-refractivity contribution in [2.24, 2.45) is 0 Å². The smallest absolute Gasteiger partial charge is 0.252 e. The number of rotatable bonds is 2. The lowest BCUT2D eigenvalue weighted by Crippen LogP contribution is -2.23. The number of carbonyl (C=O) groups excluding carboxylic acids is 1. The molecule has 2 unspecified atom stereocenters. The van der Waals surface area contributed by atoms with Gasteiger partial charge in [-0.25, -0.2) is 4.39 Å². The molecular formula is C10H10FNO2. The van der Waals surface area contributed by atoms with Crippen LogP contribution in [0.1, 0.15) is 11.7 Å². The SMILES string of the molecule is CNC(=O)C1OC1c1ccc(F)cc1. The van der Waals surface area contributed by atoms with E-state index in [-0.39, 0.29) is 17.8 Å². The third kappa shape index (κ3) is 1.61. The van der Waals surface area contributed by atoms with Crippen LogP contribution in [-0.2, 0) is 9.53 Å². The quantitative estimate of drug-likeness (QED) is 0.715. The fourth-order valence-electron chi connectivity index (χ4n) is 1.36. The molecule has 1 aliphatic rings. The Kier molecular flexibility index (Phi) is 2.21. The van der Waals surface area contributed by atoms with E-state index >= 15 is 0 Å². The summed E-state index contributed by atoms with van der Waals surface area (Å²) in [6, 6.07) is 5.97. The van der Waals surface area contributed by atoms with Gasteiger partial charge in [-0.3, -0.25) is 4.79 Å². The minimum absolute atomic E-state index is 0.140. The Hall–Kier alpha value is -1.42. The van der Waals surface area contributed by atoms with E-state index in [2.05, 4.69) is 5.32 Å². The molecule has 2 atom stereocenters. The predicted octanol–water partition coefficient (Wildman–Crippen LogP) is 1.01. The van der Waals surface area contributed by atoms with Crippen molar-refractivity contribution in [1.82, 2.24) is 5.32 Å². The van der Waals surface area contributed by atoms with Crippen LogP contribution in [0.4, 0.5) is 4.39 Å². The fourth-order valence-corrected chi connectivity index (χ4v) is 1.36. The van der Waals surface area contributed by atoms with Crippen molar-refractivity contribution < 1.29 is 13.9 Å². The summed E-state index contributed by atoms with van der Waals surface area (Å²) >= 11 is 0. The van der Waals surface area contributed by atoms with Gasteiger partial charge in [-0.1, -0.05) is 12.1 Å². The molecular weight excluding hydrogens is 185 g/mol. The van der Waals surface area contributed by atoms with Gasteiger partial charge >= 0.3 is 0 Å². The molecule has 0 aromatic heterocycles. The number of hydrogen-bond donors (Lipinski definition) is 1. The van der Waals surface area contributed by atoms with E-state index in [0.717, 1.165) is 5.56 Å². The summed E-state index contributed by atoms with van der Waals surface area (Å²) in [7, 11) is 1.56. The first kappa shape index (κ1) is 9.15. The van der Waals surface area contributed by atoms with Crippen LogP contribution in [0, 0.1) is 5.82 Å². The topological polar surface area (TPSA) is 41.6 Å². The Morgan fingerprint density at radius 3 is 2.64 bits per heavy atom. The van der Waals surface area contributed by atoms with Crippen molar-refractivity contribution in [3.8, 4) is 0 Å². The van der Waals surface area contributed by atoms with E-state index in [1.54, 1.807) is 19.2 Å². The van der Waals surface area contributed by atoms with E-state index in [4.69, 9.17) is 4.74 Å². The van der Waals surface area contributed by atoms with Crippen LogP contribution in [0.25, 0.3) is 0 Å². The maximum atomic E-state index is 12.6. The van der Waals surface area contributed by atoms with Gasteiger partial charge in [-0.15, -0.1) is 0 Å². The highest BCUT2D eigenvalue weighted by Gasteiger charge is 2.45. The van der Waals surface area contributed by atoms with Crippen LogP contribution in [-0.4, -0.2) is 19.1 Å². The fraction of sp³-hybridized carbons (Fsp3) is 0.300. The van der Waals surface area contributed by atoms with Gasteiger partial charge in [0.15, 0.2) is 6.10 Å². The number of likely N-dealkylation sites (N-methyl/N-ethyl adjacent to an activating group) is 1. The molecule has 1 aromatic carbocycles. The van der Waals surface area contributed by atoms with Crippen molar-refractivity contribution in [3.05, 3.63) is 35.6 Å². The number of carbonyl (C=O) groups is 1. The Morgan fingerprint density at radius 1 is 1.43 bits per heavy atom. The Labute approximate surface area is 80.9 Å². The summed E-state index contributed by atoms with van der Waals surface area (Å²) in [6.45, 7) is 0. The van der Waals surface area contributed by atoms with Gasteiger partial charge < -0.3 is 10.1 Å². The zero-order valence-corrected chi connectivity index (χ0v) is 7.66. The van der Waals surface area contributed by atoms with Gasteiger partial charge in [0.25, 0.3) is 5.91 Å². The van der Waals surface area contributed by atoms with Gasteiger partial charge in [0, 0.05) is 7.05 Å². The second-order valence-electron chi connectivity index (χ2n) is 3.14. The number of epoxide rings is 1. The number of benzene rings is 1. The molecule has 0 saturated carbocycles. The maximum Gasteiger partial charge on any atom is 0.252 e. The predicted molar refractivity (Wildman–Crippen MR) is 48.1 cm³/mol. The molecule has 4 heteroatoms. The van der Waals surface area contributed by atoms with Crippen molar-refractivity contribution in [1.29, 1.82) is 0 Å². The van der Waals surface area contributed by atoms with Crippen LogP contribution < -0.4 is 5.32 Å². The van der Waals surface area contributed by atoms with E-state index in [1.165, 1.54) is 12.1 Å². The molecule has 14 heavy (non-hydrogen) atoms. The van der Waals surface area contributed by atoms with E-state index < -0.39 is 6.10 Å². The van der Waals surface area contributed by atoms with E-state index in [0.29, 0.717) is 0 Å². The molecule has 0 spiro atoms. The summed E-state index contributed by atoms with van der Waals surface area (Å²) < 4.78 is 17.7. The van der Waals surface area contributed by atoms with E-state index in [9.17, 15) is 9.18 Å². The molecule has 1 amide bonds. The number of halogens is 1. The molecule has 0 radical (unpaired) electrons. The largest absolute Gasteiger partial charge is 0.357 e. The van der Waals surface area contributed by atoms with Crippen LogP contribution in [0.5, 0.6) is 0 Å². The molecule has 1 fully saturated rings. The molecule has 1 saturated heterocycles. The van der Waals surface area contributed by atoms with E-state index in [1.807, 2.05) is 0 Å². The van der Waals surface area contributed by atoms with Crippen molar-refractivity contribution >= 4 is 5.91 Å². The molecule has 0 aliphatic carbocycles. The zero-order chi connectivity index (χ0) is 10.1. The highest BCUT2D eigenvalue weighted by atomic mass is 19.1. The van der Waals surface area contributed by atoms with Gasteiger partial charge in [0.2, 0.25) is 0 Å². The van der Waals surface area contributed by atoms with Crippen molar-refractivity contribution in [3.63, 3.8) is 0 Å². The maximum absolute atomic E-state index is 12.6. The lowest BCUT2D eigenvalue weighted by molar-refractivity contribution is -0.121. The lowest BCUT2D eigenvalue weighted by atomic mass is 10.1. The van der Waals surface area contributed by atoms with Gasteiger partial charge in [-0.2, -0.15) is 0 Å². The van der Waals surface area contributed by atoms with Gasteiger partial charge in [0.05, 0.1) is 0 Å². The van der Waals surface area contributed by atoms with Crippen LogP contribution in [0.2, 0.25) is 0 Å². The summed E-state index contributed by atoms with van der Waals surface area (Å²) in [5, 5.41) is 2.50. The molecule has 3 nitrogen and oxygen atoms in total. The first-order chi connectivity index (χ1) is 6.72. The van der Waals surface area contributed by atoms with Crippen LogP contribution in [0.15, 0.2) is 24.3 Å². The number of nitrogens with one attached hydrogen (secondary N) is 1. The summed E-state index contributed by atoms with van der Waals surface area (Å²) in [5.74, 6) is -0.426. The molecule has 0 bridgehead atoms. The number of hydrogen-bond acceptors (Lipinski definition) is 2. The highest BCUT2D eigenvalue weighted by molar-refractivity contribution is 5.83. The molecule has 1 heterocycles. The summed E-state index contributed by atoms with van der Waals surface area (Å²) in [5.41, 5.74) is 0.833. The molecule has 1 aromatic rings. The normalized spacial score (nSPS) is 24.4. The number of ether oxygens (including phenoxy) is 1. The standard InChI is InChI=1S/C10H10FNO2/c1-12-10(13)9-8(14-9)6-2-4-7(11)5-3-6/h2-5,8-9H,1H3,(H,12,13). The molecule has 1 N–H and O–H groups in total. The first-order valence-corrected chi connectivity index (χ1v) is 4.35. The average molecular weight is 195 g/mol. The Balaban J connectivity index is 2.06. The Morgan fingerprint density at radius 2 is 2.07 bits per heavy atom. The molecule has 74 valence electrons. The first-order valence-electron chi connectivity index (χ1n) is 4.35. The molecule has 2 rings (SSSR count). The Bertz CT molecular complexity index is 350. The lowest BCUT2D eigenvalue weighted by Gasteiger charge is -1.95.